The maximum absolute atomic E-state index is 13.1. The Hall–Kier alpha value is -2.21. The topological polar surface area (TPSA) is 52.4 Å². The number of benzene rings is 2. The van der Waals surface area contributed by atoms with Crippen molar-refractivity contribution in [3.05, 3.63) is 69.3 Å². The van der Waals surface area contributed by atoms with E-state index in [1.54, 1.807) is 6.07 Å². The third-order valence-corrected chi connectivity index (χ3v) is 3.06. The number of ether oxygens (including phenoxy) is 1. The molecule has 0 heterocycles. The summed E-state index contributed by atoms with van der Waals surface area (Å²) in [7, 11) is 0. The fraction of sp³-hybridized carbons (Fsp3) is 0.143. The van der Waals surface area contributed by atoms with E-state index in [4.69, 9.17) is 16.3 Å². The van der Waals surface area contributed by atoms with Gasteiger partial charge >= 0.3 is 5.69 Å². The molecule has 0 radical (unpaired) electrons. The Balaban J connectivity index is 2.19. The van der Waals surface area contributed by atoms with Crippen molar-refractivity contribution in [3.8, 4) is 5.75 Å². The lowest BCUT2D eigenvalue weighted by molar-refractivity contribution is -0.386. The van der Waals surface area contributed by atoms with Gasteiger partial charge in [-0.05, 0) is 29.3 Å². The van der Waals surface area contributed by atoms with Crippen LogP contribution in [0.2, 0.25) is 0 Å². The fourth-order valence-electron chi connectivity index (χ4n) is 1.70. The van der Waals surface area contributed by atoms with Gasteiger partial charge in [0.25, 0.3) is 0 Å². The van der Waals surface area contributed by atoms with Crippen molar-refractivity contribution in [1.29, 1.82) is 0 Å². The molecule has 0 saturated heterocycles. The van der Waals surface area contributed by atoms with Gasteiger partial charge in [-0.1, -0.05) is 12.1 Å². The molecule has 2 aromatic rings. The van der Waals surface area contributed by atoms with E-state index in [0.717, 1.165) is 12.1 Å². The second-order valence-electron chi connectivity index (χ2n) is 4.23. The lowest BCUT2D eigenvalue weighted by Crippen LogP contribution is -2.00. The SMILES string of the molecule is O=[N+]([O-])c1cc(CCl)ccc1OCc1ccc(F)c(F)c1. The molecule has 0 spiro atoms. The number of nitrogens with zero attached hydrogens (tertiary/aromatic N) is 1. The molecule has 0 aliphatic heterocycles. The molecule has 0 bridgehead atoms. The number of hydrogen-bond donors (Lipinski definition) is 0. The van der Waals surface area contributed by atoms with Crippen LogP contribution in [0.5, 0.6) is 5.75 Å². The highest BCUT2D eigenvalue weighted by Crippen LogP contribution is 2.29. The van der Waals surface area contributed by atoms with Crippen LogP contribution >= 0.6 is 11.6 Å². The standard InChI is InChI=1S/C14H10ClF2NO3/c15-7-9-2-4-14(13(6-9)18(19)20)21-8-10-1-3-11(16)12(17)5-10/h1-6H,7-8H2. The molecule has 2 rings (SSSR count). The Morgan fingerprint density at radius 2 is 1.81 bits per heavy atom. The monoisotopic (exact) mass is 313 g/mol. The van der Waals surface area contributed by atoms with Crippen molar-refractivity contribution in [2.45, 2.75) is 12.5 Å². The van der Waals surface area contributed by atoms with Crippen LogP contribution in [0, 0.1) is 21.7 Å². The smallest absolute Gasteiger partial charge is 0.311 e. The molecule has 0 saturated carbocycles. The predicted octanol–water partition coefficient (Wildman–Crippen LogP) is 4.19. The van der Waals surface area contributed by atoms with Gasteiger partial charge in [0, 0.05) is 11.9 Å². The zero-order valence-corrected chi connectivity index (χ0v) is 11.4. The highest BCUT2D eigenvalue weighted by atomic mass is 35.5. The molecule has 0 fully saturated rings. The molecule has 4 nitrogen and oxygen atoms in total. The Kier molecular flexibility index (Phi) is 4.70. The molecule has 110 valence electrons. The summed E-state index contributed by atoms with van der Waals surface area (Å²) in [6.45, 7) is -0.113. The zero-order valence-electron chi connectivity index (χ0n) is 10.7. The third kappa shape index (κ3) is 3.66. The Morgan fingerprint density at radius 1 is 1.10 bits per heavy atom. The van der Waals surface area contributed by atoms with Gasteiger partial charge in [0.05, 0.1) is 4.92 Å². The molecule has 0 aliphatic carbocycles. The third-order valence-electron chi connectivity index (χ3n) is 2.75. The second kappa shape index (κ2) is 6.49. The maximum atomic E-state index is 13.1. The van der Waals surface area contributed by atoms with Crippen molar-refractivity contribution in [2.24, 2.45) is 0 Å². The quantitative estimate of drug-likeness (QED) is 0.472. The number of halogens is 3. The van der Waals surface area contributed by atoms with Gasteiger partial charge in [-0.25, -0.2) is 8.78 Å². The Bertz CT molecular complexity index is 679. The molecular formula is C14H10ClF2NO3. The number of nitro groups is 1. The van der Waals surface area contributed by atoms with Crippen molar-refractivity contribution >= 4 is 17.3 Å². The summed E-state index contributed by atoms with van der Waals surface area (Å²) in [6.07, 6.45) is 0. The number of nitro benzene ring substituents is 1. The van der Waals surface area contributed by atoms with Gasteiger partial charge in [-0.3, -0.25) is 10.1 Å². The average Bonchev–Trinajstić information content (AvgIpc) is 2.48. The van der Waals surface area contributed by atoms with E-state index in [-0.39, 0.29) is 23.9 Å². The summed E-state index contributed by atoms with van der Waals surface area (Å²) in [6, 6.07) is 7.63. The highest BCUT2D eigenvalue weighted by molar-refractivity contribution is 6.17. The van der Waals surface area contributed by atoms with Crippen LogP contribution in [0.3, 0.4) is 0 Å². The molecule has 0 amide bonds. The highest BCUT2D eigenvalue weighted by Gasteiger charge is 2.16. The van der Waals surface area contributed by atoms with E-state index in [1.807, 2.05) is 0 Å². The number of hydrogen-bond acceptors (Lipinski definition) is 3. The van der Waals surface area contributed by atoms with Crippen molar-refractivity contribution in [3.63, 3.8) is 0 Å². The van der Waals surface area contributed by atoms with E-state index in [0.29, 0.717) is 11.1 Å². The maximum Gasteiger partial charge on any atom is 0.311 e. The van der Waals surface area contributed by atoms with Crippen LogP contribution in [-0.4, -0.2) is 4.92 Å². The average molecular weight is 314 g/mol. The molecule has 0 unspecified atom stereocenters. The van der Waals surface area contributed by atoms with Crippen LogP contribution in [0.4, 0.5) is 14.5 Å². The summed E-state index contributed by atoms with van der Waals surface area (Å²) in [5.74, 6) is -1.78. The minimum atomic E-state index is -0.997. The first-order valence-electron chi connectivity index (χ1n) is 5.91. The molecule has 0 aromatic heterocycles. The molecular weight excluding hydrogens is 304 g/mol. The summed E-state index contributed by atoms with van der Waals surface area (Å²) in [4.78, 5) is 10.4. The van der Waals surface area contributed by atoms with E-state index in [2.05, 4.69) is 0 Å². The van der Waals surface area contributed by atoms with Crippen molar-refractivity contribution < 1.29 is 18.4 Å². The lowest BCUT2D eigenvalue weighted by Gasteiger charge is -2.08. The first kappa shape index (κ1) is 15.2. The van der Waals surface area contributed by atoms with E-state index < -0.39 is 16.6 Å². The number of alkyl halides is 1. The van der Waals surface area contributed by atoms with Gasteiger partial charge in [0.15, 0.2) is 17.4 Å². The van der Waals surface area contributed by atoms with E-state index in [9.17, 15) is 18.9 Å². The van der Waals surface area contributed by atoms with Crippen LogP contribution in [-0.2, 0) is 12.5 Å². The van der Waals surface area contributed by atoms with E-state index >= 15 is 0 Å². The summed E-state index contributed by atoms with van der Waals surface area (Å²) >= 11 is 5.62. The van der Waals surface area contributed by atoms with Crippen molar-refractivity contribution in [2.75, 3.05) is 0 Å². The van der Waals surface area contributed by atoms with Crippen LogP contribution in [0.1, 0.15) is 11.1 Å². The van der Waals surface area contributed by atoms with E-state index in [1.165, 1.54) is 18.2 Å². The largest absolute Gasteiger partial charge is 0.482 e. The van der Waals surface area contributed by atoms with Gasteiger partial charge in [0.2, 0.25) is 0 Å². The second-order valence-corrected chi connectivity index (χ2v) is 4.50. The van der Waals surface area contributed by atoms with Crippen molar-refractivity contribution in [1.82, 2.24) is 0 Å². The lowest BCUT2D eigenvalue weighted by atomic mass is 10.2. The van der Waals surface area contributed by atoms with Gasteiger partial charge in [0.1, 0.15) is 6.61 Å². The zero-order chi connectivity index (χ0) is 15.4. The summed E-state index contributed by atoms with van der Waals surface area (Å²) < 4.78 is 31.2. The van der Waals surface area contributed by atoms with Crippen LogP contribution in [0.25, 0.3) is 0 Å². The van der Waals surface area contributed by atoms with Gasteiger partial charge in [-0.2, -0.15) is 0 Å². The minimum absolute atomic E-state index is 0.0404. The predicted molar refractivity (Wildman–Crippen MR) is 73.3 cm³/mol. The van der Waals surface area contributed by atoms with Gasteiger partial charge < -0.3 is 4.74 Å². The molecule has 0 atom stereocenters. The van der Waals surface area contributed by atoms with Crippen LogP contribution < -0.4 is 4.74 Å². The minimum Gasteiger partial charge on any atom is -0.482 e. The number of rotatable bonds is 5. The molecule has 21 heavy (non-hydrogen) atoms. The first-order chi connectivity index (χ1) is 10.0. The summed E-state index contributed by atoms with van der Waals surface area (Å²) in [5.41, 5.74) is 0.726. The molecule has 7 heteroatoms. The Labute approximate surface area is 124 Å². The first-order valence-corrected chi connectivity index (χ1v) is 6.44. The normalized spacial score (nSPS) is 10.4. The molecule has 0 aliphatic rings. The fourth-order valence-corrected chi connectivity index (χ4v) is 1.87. The molecule has 2 aromatic carbocycles. The summed E-state index contributed by atoms with van der Waals surface area (Å²) in [5, 5.41) is 11.0. The van der Waals surface area contributed by atoms with Gasteiger partial charge in [-0.15, -0.1) is 11.6 Å². The molecule has 0 N–H and O–H groups in total. The Morgan fingerprint density at radius 3 is 2.43 bits per heavy atom. The van der Waals surface area contributed by atoms with Crippen LogP contribution in [0.15, 0.2) is 36.4 Å².